The Morgan fingerprint density at radius 1 is 0.887 bits per heavy atom. The van der Waals surface area contributed by atoms with Crippen LogP contribution in [0.4, 0.5) is 33.0 Å². The van der Waals surface area contributed by atoms with Crippen LogP contribution in [0.2, 0.25) is 0 Å². The Labute approximate surface area is 455 Å². The molecular weight excluding hydrogens is 1020 g/mol. The fourth-order valence-corrected chi connectivity index (χ4v) is 9.61. The monoisotopic (exact) mass is 1070 g/mol. The highest BCUT2D eigenvalue weighted by Gasteiger charge is 2.29. The lowest BCUT2D eigenvalue weighted by Gasteiger charge is -2.35. The number of hydrogen-bond acceptors (Lipinski definition) is 18. The summed E-state index contributed by atoms with van der Waals surface area (Å²) in [5.41, 5.74) is 7.88. The van der Waals surface area contributed by atoms with Crippen molar-refractivity contribution < 1.29 is 23.5 Å². The van der Waals surface area contributed by atoms with Crippen molar-refractivity contribution in [3.8, 4) is 29.1 Å². The Morgan fingerprint density at radius 2 is 1.71 bits per heavy atom. The molecule has 23 heteroatoms. The van der Waals surface area contributed by atoms with Crippen LogP contribution in [0.1, 0.15) is 53.8 Å². The second-order valence-corrected chi connectivity index (χ2v) is 19.1. The maximum Gasteiger partial charge on any atom is 0.246 e. The summed E-state index contributed by atoms with van der Waals surface area (Å²) in [7, 11) is 0. The van der Waals surface area contributed by atoms with E-state index in [1.165, 1.54) is 31.0 Å². The molecule has 1 unspecified atom stereocenters. The van der Waals surface area contributed by atoms with E-state index in [2.05, 4.69) is 73.7 Å². The van der Waals surface area contributed by atoms with Gasteiger partial charge in [-0.1, -0.05) is 18.7 Å². The van der Waals surface area contributed by atoms with Gasteiger partial charge < -0.3 is 35.2 Å². The first kappa shape index (κ1) is 50.1. The van der Waals surface area contributed by atoms with E-state index < -0.39 is 12.0 Å². The van der Waals surface area contributed by atoms with Crippen molar-refractivity contribution in [3.63, 3.8) is 0 Å². The molecule has 0 spiro atoms. The largest absolute Gasteiger partial charge is 0.457 e. The normalized spacial score (nSPS) is 16.0. The van der Waals surface area contributed by atoms with E-state index in [4.69, 9.17) is 14.5 Å². The number of ether oxygens (including phenoxy) is 2. The lowest BCUT2D eigenvalue weighted by molar-refractivity contribution is -0.127. The van der Waals surface area contributed by atoms with E-state index in [1.54, 1.807) is 87.0 Å². The third-order valence-corrected chi connectivity index (χ3v) is 13.9. The second-order valence-electron chi connectivity index (χ2n) is 19.1. The molecule has 80 heavy (non-hydrogen) atoms. The van der Waals surface area contributed by atoms with Gasteiger partial charge in [-0.05, 0) is 105 Å². The van der Waals surface area contributed by atoms with Gasteiger partial charge >= 0.3 is 0 Å². The van der Waals surface area contributed by atoms with Gasteiger partial charge in [0.05, 0.1) is 29.3 Å². The van der Waals surface area contributed by atoms with Gasteiger partial charge in [0.25, 0.3) is 0 Å². The average molecular weight is 1070 g/mol. The van der Waals surface area contributed by atoms with Crippen LogP contribution in [-0.2, 0) is 9.59 Å². The van der Waals surface area contributed by atoms with Crippen LogP contribution < -0.4 is 25.4 Å². The second kappa shape index (κ2) is 21.0. The van der Waals surface area contributed by atoms with E-state index in [9.17, 15) is 14.9 Å². The molecule has 2 amide bonds. The van der Waals surface area contributed by atoms with Crippen molar-refractivity contribution in [1.29, 1.82) is 5.26 Å². The van der Waals surface area contributed by atoms with E-state index in [1.807, 2.05) is 50.3 Å². The Morgan fingerprint density at radius 3 is 2.51 bits per heavy atom. The Hall–Kier alpha value is -10.8. The first-order valence-corrected chi connectivity index (χ1v) is 25.4. The van der Waals surface area contributed by atoms with E-state index >= 15 is 4.39 Å². The van der Waals surface area contributed by atoms with Gasteiger partial charge in [-0.3, -0.25) is 19.6 Å². The van der Waals surface area contributed by atoms with Gasteiger partial charge in [0.2, 0.25) is 11.8 Å². The van der Waals surface area contributed by atoms with Crippen LogP contribution in [0.15, 0.2) is 133 Å². The number of anilines is 5. The standard InChI is InChI=1S/C57H47FN18O4/c1-5-49(77)74-19-14-36(23-33(74)3)56-62-29-43-54(71-56)57(65-30-63-43)68-41-7-9-45(34(4)51(41)58)80-40-16-21-76-48(25-40)69-46(72-76)10-11-50(78)73-17-12-35(13-18-73)55-61-28-42-53(70-55)52(37(26-59)27-60-42)67-38-6-8-44(32(2)22-38)79-39-15-20-75-47(24-39)64-31-66-75/h5-12,14-16,20-22,24-25,27-31,33,56,71H,1,13,17-19,23H2,2-4H3,(H,60,67)(H,63,65,68)/b11-10-/t33-,56?/m1/s1. The lowest BCUT2D eigenvalue weighted by atomic mass is 9.98. The third-order valence-electron chi connectivity index (χ3n) is 13.9. The van der Waals surface area contributed by atoms with Gasteiger partial charge in [-0.2, -0.15) is 10.4 Å². The summed E-state index contributed by atoms with van der Waals surface area (Å²) < 4.78 is 31.7. The van der Waals surface area contributed by atoms with Crippen LogP contribution in [0.5, 0.6) is 23.0 Å². The van der Waals surface area contributed by atoms with Crippen molar-refractivity contribution in [1.82, 2.24) is 63.9 Å². The zero-order valence-electron chi connectivity index (χ0n) is 43.2. The molecule has 0 radical (unpaired) electrons. The predicted octanol–water partition coefficient (Wildman–Crippen LogP) is 8.83. The molecule has 2 aromatic carbocycles. The minimum Gasteiger partial charge on any atom is -0.457 e. The highest BCUT2D eigenvalue weighted by Crippen LogP contribution is 2.37. The fraction of sp³-hybridized carbons (Fsp3) is 0.175. The summed E-state index contributed by atoms with van der Waals surface area (Å²) in [5, 5.41) is 28.7. The van der Waals surface area contributed by atoms with Crippen molar-refractivity contribution in [2.24, 2.45) is 4.99 Å². The van der Waals surface area contributed by atoms with Crippen LogP contribution >= 0.6 is 0 Å². The molecule has 22 nitrogen and oxygen atoms in total. The molecule has 3 aliphatic heterocycles. The van der Waals surface area contributed by atoms with E-state index in [-0.39, 0.29) is 34.9 Å². The Balaban J connectivity index is 0.678. The summed E-state index contributed by atoms with van der Waals surface area (Å²) >= 11 is 0. The molecule has 3 N–H and O–H groups in total. The first-order chi connectivity index (χ1) is 38.9. The number of hydrogen-bond donors (Lipinski definition) is 3. The first-order valence-electron chi connectivity index (χ1n) is 25.4. The lowest BCUT2D eigenvalue weighted by Crippen LogP contribution is -2.42. The summed E-state index contributed by atoms with van der Waals surface area (Å²) in [6.07, 6.45) is 20.0. The molecule has 0 saturated heterocycles. The van der Waals surface area contributed by atoms with Crippen LogP contribution in [-0.4, -0.2) is 114 Å². The molecule has 2 atom stereocenters. The number of benzene rings is 2. The molecular formula is C57H47FN18O4. The van der Waals surface area contributed by atoms with Crippen molar-refractivity contribution in [3.05, 3.63) is 168 Å². The van der Waals surface area contributed by atoms with Gasteiger partial charge in [-0.15, -0.1) is 5.10 Å². The number of carbonyl (C=O) groups is 2. The topological polar surface area (TPSA) is 256 Å². The highest BCUT2D eigenvalue weighted by atomic mass is 19.1. The SMILES string of the molecule is C=CC(=O)N1CC=C(C2N=Cc3ncnc(Nc4ccc(Oc5ccn6nc(/C=C\C(=O)N7CC=C(c8ncc9ncc(C#N)c(Nc%10ccc(Oc%11ccn%12ncnc%12c%11)c(C)c%10)c9n8)CC7)nc6c5)c(C)c4F)c3N2)C[C@H]1C. The zero-order valence-corrected chi connectivity index (χ0v) is 43.2. The van der Waals surface area contributed by atoms with Gasteiger partial charge in [-0.25, -0.2) is 43.3 Å². The number of nitrogens with zero attached hydrogens (tertiary/aromatic N) is 15. The maximum atomic E-state index is 16.1. The molecule has 0 bridgehead atoms. The van der Waals surface area contributed by atoms with Crippen LogP contribution in [0, 0.1) is 31.0 Å². The number of carbonyl (C=O) groups excluding carboxylic acids is 2. The number of aryl methyl sites for hydroxylation is 1. The number of nitrogens with one attached hydrogen (secondary N) is 3. The quantitative estimate of drug-likeness (QED) is 0.0720. The molecule has 9 aromatic rings. The van der Waals surface area contributed by atoms with E-state index in [0.29, 0.717) is 112 Å². The summed E-state index contributed by atoms with van der Waals surface area (Å²) in [6.45, 7) is 10.3. The number of aliphatic imine (C=N–C) groups is 1. The minimum atomic E-state index is -0.537. The number of halogens is 1. The van der Waals surface area contributed by atoms with Crippen molar-refractivity contribution in [2.75, 3.05) is 35.6 Å². The number of fused-ring (bicyclic) bond motifs is 4. The van der Waals surface area contributed by atoms with Crippen molar-refractivity contribution >= 4 is 80.6 Å². The fourth-order valence-electron chi connectivity index (χ4n) is 9.61. The third kappa shape index (κ3) is 9.94. The molecule has 0 fully saturated rings. The summed E-state index contributed by atoms with van der Waals surface area (Å²) in [5.74, 6) is 2.21. The van der Waals surface area contributed by atoms with E-state index in [0.717, 1.165) is 22.4 Å². The van der Waals surface area contributed by atoms with Crippen LogP contribution in [0.3, 0.4) is 0 Å². The average Bonchev–Trinajstić information content (AvgIpc) is 4.14. The molecule has 12 rings (SSSR count). The number of rotatable bonds is 13. The summed E-state index contributed by atoms with van der Waals surface area (Å²) in [4.78, 5) is 65.4. The molecule has 396 valence electrons. The highest BCUT2D eigenvalue weighted by molar-refractivity contribution is 5.95. The predicted molar refractivity (Wildman–Crippen MR) is 296 cm³/mol. The molecule has 10 heterocycles. The number of nitriles is 1. The Kier molecular flexibility index (Phi) is 13.1. The molecule has 7 aromatic heterocycles. The maximum absolute atomic E-state index is 16.1. The molecule has 0 aliphatic carbocycles. The minimum absolute atomic E-state index is 0.0419. The Bertz CT molecular complexity index is 4180. The van der Waals surface area contributed by atoms with Gasteiger partial charge in [0.15, 0.2) is 34.6 Å². The van der Waals surface area contributed by atoms with Crippen molar-refractivity contribution in [2.45, 2.75) is 45.8 Å². The zero-order chi connectivity index (χ0) is 55.0. The van der Waals surface area contributed by atoms with Crippen LogP contribution in [0.25, 0.3) is 34.0 Å². The van der Waals surface area contributed by atoms with Gasteiger partial charge in [0.1, 0.15) is 70.3 Å². The smallest absolute Gasteiger partial charge is 0.246 e. The molecule has 3 aliphatic rings. The number of amides is 2. The number of pyridine rings is 3. The summed E-state index contributed by atoms with van der Waals surface area (Å²) in [6, 6.07) is 18.0. The number of aromatic nitrogens is 11. The molecule has 0 saturated carbocycles. The van der Waals surface area contributed by atoms with Gasteiger partial charge in [0, 0.05) is 73.7 Å².